The highest BCUT2D eigenvalue weighted by Gasteiger charge is 2.39. The Bertz CT molecular complexity index is 498. The molecule has 92 valence electrons. The van der Waals surface area contributed by atoms with Crippen LogP contribution in [0.3, 0.4) is 0 Å². The normalized spacial score (nSPS) is 16.6. The number of aromatic carboxylic acids is 1. The first-order chi connectivity index (χ1) is 7.84. The number of aromatic amines is 1. The molecule has 1 aromatic heterocycles. The van der Waals surface area contributed by atoms with Gasteiger partial charge >= 0.3 is 5.97 Å². The Morgan fingerprint density at radius 2 is 1.94 bits per heavy atom. The van der Waals surface area contributed by atoms with Gasteiger partial charge in [-0.3, -0.25) is 4.79 Å². The molecule has 0 bridgehead atoms. The van der Waals surface area contributed by atoms with Crippen LogP contribution in [-0.4, -0.2) is 27.5 Å². The molecule has 1 aliphatic carbocycles. The van der Waals surface area contributed by atoms with Crippen LogP contribution < -0.4 is 5.32 Å². The number of hydrogen-bond donors (Lipinski definition) is 3. The number of carboxylic acid groups (broad SMARTS) is 1. The zero-order valence-corrected chi connectivity index (χ0v) is 10.2. The van der Waals surface area contributed by atoms with Crippen LogP contribution in [-0.2, 0) is 0 Å². The Morgan fingerprint density at radius 3 is 2.35 bits per heavy atom. The van der Waals surface area contributed by atoms with Crippen LogP contribution in [0.4, 0.5) is 0 Å². The minimum absolute atomic E-state index is 0.0913. The van der Waals surface area contributed by atoms with E-state index < -0.39 is 5.97 Å². The fraction of sp³-hybridized carbons (Fsp3) is 0.500. The van der Waals surface area contributed by atoms with Gasteiger partial charge in [-0.1, -0.05) is 0 Å². The molecule has 0 atom stereocenters. The zero-order chi connectivity index (χ0) is 12.8. The summed E-state index contributed by atoms with van der Waals surface area (Å²) in [6.07, 6.45) is 1.96. The van der Waals surface area contributed by atoms with E-state index in [2.05, 4.69) is 10.3 Å². The topological polar surface area (TPSA) is 82.2 Å². The summed E-state index contributed by atoms with van der Waals surface area (Å²) in [4.78, 5) is 25.7. The summed E-state index contributed by atoms with van der Waals surface area (Å²) in [5, 5.41) is 11.9. The molecule has 0 spiro atoms. The monoisotopic (exact) mass is 236 g/mol. The first-order valence-electron chi connectivity index (χ1n) is 5.59. The van der Waals surface area contributed by atoms with Gasteiger partial charge in [0, 0.05) is 11.2 Å². The van der Waals surface area contributed by atoms with E-state index in [-0.39, 0.29) is 17.1 Å². The molecule has 1 amide bonds. The van der Waals surface area contributed by atoms with E-state index in [1.54, 1.807) is 13.8 Å². The molecule has 0 saturated heterocycles. The number of H-pyrrole nitrogens is 1. The van der Waals surface area contributed by atoms with Gasteiger partial charge in [0.25, 0.3) is 5.91 Å². The Labute approximate surface area is 99.2 Å². The van der Waals surface area contributed by atoms with Gasteiger partial charge < -0.3 is 15.4 Å². The Morgan fingerprint density at radius 1 is 1.35 bits per heavy atom. The number of nitrogens with one attached hydrogen (secondary N) is 2. The largest absolute Gasteiger partial charge is 0.477 e. The fourth-order valence-corrected chi connectivity index (χ4v) is 1.95. The lowest BCUT2D eigenvalue weighted by Gasteiger charge is -2.11. The number of amides is 1. The zero-order valence-electron chi connectivity index (χ0n) is 10.2. The van der Waals surface area contributed by atoms with Crippen molar-refractivity contribution in [2.24, 2.45) is 0 Å². The summed E-state index contributed by atoms with van der Waals surface area (Å²) in [6, 6.07) is 0. The summed E-state index contributed by atoms with van der Waals surface area (Å²) in [6.45, 7) is 5.35. The minimum Gasteiger partial charge on any atom is -0.477 e. The van der Waals surface area contributed by atoms with Crippen LogP contribution >= 0.6 is 0 Å². The first-order valence-corrected chi connectivity index (χ1v) is 5.59. The van der Waals surface area contributed by atoms with Crippen molar-refractivity contribution < 1.29 is 14.7 Å². The smallest absolute Gasteiger partial charge is 0.352 e. The van der Waals surface area contributed by atoms with Crippen molar-refractivity contribution in [3.05, 3.63) is 22.5 Å². The SMILES string of the molecule is Cc1[nH]c(C(=O)O)c(C)c1C(=O)NC1(C)CC1. The van der Waals surface area contributed by atoms with E-state index in [4.69, 9.17) is 5.11 Å². The van der Waals surface area contributed by atoms with E-state index in [1.165, 1.54) is 0 Å². The van der Waals surface area contributed by atoms with Crippen LogP contribution in [0.1, 0.15) is 51.9 Å². The molecule has 1 aliphatic rings. The minimum atomic E-state index is -1.04. The van der Waals surface area contributed by atoms with Crippen molar-refractivity contribution in [3.8, 4) is 0 Å². The van der Waals surface area contributed by atoms with Crippen molar-refractivity contribution in [3.63, 3.8) is 0 Å². The average molecular weight is 236 g/mol. The summed E-state index contributed by atoms with van der Waals surface area (Å²) in [5.41, 5.74) is 1.54. The summed E-state index contributed by atoms with van der Waals surface area (Å²) in [7, 11) is 0. The predicted molar refractivity (Wildman–Crippen MR) is 62.3 cm³/mol. The van der Waals surface area contributed by atoms with E-state index in [9.17, 15) is 9.59 Å². The van der Waals surface area contributed by atoms with Gasteiger partial charge in [0.05, 0.1) is 5.56 Å². The molecule has 1 saturated carbocycles. The summed E-state index contributed by atoms with van der Waals surface area (Å²) >= 11 is 0. The van der Waals surface area contributed by atoms with E-state index >= 15 is 0 Å². The summed E-state index contributed by atoms with van der Waals surface area (Å²) < 4.78 is 0. The third kappa shape index (κ3) is 2.05. The predicted octanol–water partition coefficient (Wildman–Crippen LogP) is 1.61. The van der Waals surface area contributed by atoms with E-state index in [0.29, 0.717) is 16.8 Å². The lowest BCUT2D eigenvalue weighted by atomic mass is 10.1. The van der Waals surface area contributed by atoms with Crippen molar-refractivity contribution >= 4 is 11.9 Å². The van der Waals surface area contributed by atoms with Gasteiger partial charge in [0.1, 0.15) is 5.69 Å². The molecule has 1 aromatic rings. The molecule has 3 N–H and O–H groups in total. The maximum absolute atomic E-state index is 12.1. The Balaban J connectivity index is 2.31. The number of hydrogen-bond acceptors (Lipinski definition) is 2. The van der Waals surface area contributed by atoms with Gasteiger partial charge in [0.15, 0.2) is 0 Å². The number of rotatable bonds is 3. The molecule has 0 radical (unpaired) electrons. The molecule has 2 rings (SSSR count). The highest BCUT2D eigenvalue weighted by Crippen LogP contribution is 2.35. The highest BCUT2D eigenvalue weighted by molar-refractivity contribution is 6.01. The van der Waals surface area contributed by atoms with Gasteiger partial charge in [-0.2, -0.15) is 0 Å². The van der Waals surface area contributed by atoms with Gasteiger partial charge in [0.2, 0.25) is 0 Å². The lowest BCUT2D eigenvalue weighted by molar-refractivity contribution is 0.0690. The molecular weight excluding hydrogens is 220 g/mol. The summed E-state index contributed by atoms with van der Waals surface area (Å²) in [5.74, 6) is -1.23. The second-order valence-corrected chi connectivity index (χ2v) is 4.94. The second-order valence-electron chi connectivity index (χ2n) is 4.94. The molecule has 1 fully saturated rings. The van der Waals surface area contributed by atoms with Gasteiger partial charge in [-0.25, -0.2) is 4.79 Å². The van der Waals surface area contributed by atoms with Crippen molar-refractivity contribution in [2.75, 3.05) is 0 Å². The molecule has 5 nitrogen and oxygen atoms in total. The van der Waals surface area contributed by atoms with Crippen molar-refractivity contribution in [1.82, 2.24) is 10.3 Å². The first kappa shape index (κ1) is 11.7. The fourth-order valence-electron chi connectivity index (χ4n) is 1.95. The maximum atomic E-state index is 12.1. The average Bonchev–Trinajstić information content (AvgIpc) is 2.82. The lowest BCUT2D eigenvalue weighted by Crippen LogP contribution is -2.34. The van der Waals surface area contributed by atoms with E-state index in [0.717, 1.165) is 12.8 Å². The highest BCUT2D eigenvalue weighted by atomic mass is 16.4. The third-order valence-corrected chi connectivity index (χ3v) is 3.29. The Hall–Kier alpha value is -1.78. The maximum Gasteiger partial charge on any atom is 0.352 e. The quantitative estimate of drug-likeness (QED) is 0.745. The number of aromatic nitrogens is 1. The Kier molecular flexibility index (Phi) is 2.49. The van der Waals surface area contributed by atoms with Crippen LogP contribution in [0.5, 0.6) is 0 Å². The standard InChI is InChI=1S/C12H16N2O3/c1-6-8(7(2)13-9(6)11(16)17)10(15)14-12(3)4-5-12/h13H,4-5H2,1-3H3,(H,14,15)(H,16,17). The molecule has 1 heterocycles. The van der Waals surface area contributed by atoms with Crippen molar-refractivity contribution in [2.45, 2.75) is 39.2 Å². The van der Waals surface area contributed by atoms with E-state index in [1.807, 2.05) is 6.92 Å². The van der Waals surface area contributed by atoms with Crippen LogP contribution in [0.25, 0.3) is 0 Å². The van der Waals surface area contributed by atoms with Crippen molar-refractivity contribution in [1.29, 1.82) is 0 Å². The molecular formula is C12H16N2O3. The number of aryl methyl sites for hydroxylation is 1. The molecule has 0 unspecified atom stereocenters. The van der Waals surface area contributed by atoms with Crippen LogP contribution in [0.15, 0.2) is 0 Å². The second kappa shape index (κ2) is 3.61. The molecule has 17 heavy (non-hydrogen) atoms. The number of carboxylic acids is 1. The van der Waals surface area contributed by atoms with Gasteiger partial charge in [-0.15, -0.1) is 0 Å². The number of carbonyl (C=O) groups is 2. The van der Waals surface area contributed by atoms with Gasteiger partial charge in [-0.05, 0) is 39.2 Å². The molecule has 0 aliphatic heterocycles. The van der Waals surface area contributed by atoms with Crippen LogP contribution in [0.2, 0.25) is 0 Å². The number of carbonyl (C=O) groups excluding carboxylic acids is 1. The molecule has 5 heteroatoms. The molecule has 0 aromatic carbocycles. The van der Waals surface area contributed by atoms with Crippen LogP contribution in [0, 0.1) is 13.8 Å². The third-order valence-electron chi connectivity index (χ3n) is 3.29.